The molecule has 0 bridgehead atoms. The molecule has 1 heterocycles. The van der Waals surface area contributed by atoms with Crippen molar-refractivity contribution in [3.8, 4) is 0 Å². The molecule has 4 heteroatoms. The summed E-state index contributed by atoms with van der Waals surface area (Å²) in [6.45, 7) is 8.84. The van der Waals surface area contributed by atoms with Crippen molar-refractivity contribution < 1.29 is 4.79 Å². The summed E-state index contributed by atoms with van der Waals surface area (Å²) in [6, 6.07) is 0.321. The number of carbonyl (C=O) groups excluding carboxylic acids is 1. The van der Waals surface area contributed by atoms with Gasteiger partial charge in [-0.1, -0.05) is 18.9 Å². The predicted molar refractivity (Wildman–Crippen MR) is 82.4 cm³/mol. The van der Waals surface area contributed by atoms with Gasteiger partial charge in [0.1, 0.15) is 0 Å². The Hall–Kier alpha value is -0.870. The fraction of sp³-hybridized carbons (Fsp3) is 0.812. The summed E-state index contributed by atoms with van der Waals surface area (Å²) < 4.78 is 0. The summed E-state index contributed by atoms with van der Waals surface area (Å²) in [7, 11) is 0. The monoisotopic (exact) mass is 279 g/mol. The zero-order valence-corrected chi connectivity index (χ0v) is 12.7. The van der Waals surface area contributed by atoms with Crippen molar-refractivity contribution in [3.63, 3.8) is 0 Å². The molecule has 2 aliphatic rings. The highest BCUT2D eigenvalue weighted by molar-refractivity contribution is 5.80. The molecule has 20 heavy (non-hydrogen) atoms. The van der Waals surface area contributed by atoms with Gasteiger partial charge in [0.05, 0.1) is 5.92 Å². The zero-order valence-electron chi connectivity index (χ0n) is 12.7. The van der Waals surface area contributed by atoms with Crippen LogP contribution in [0.2, 0.25) is 0 Å². The number of piperidine rings is 1. The number of nitrogens with two attached hydrogens (primary N) is 1. The van der Waals surface area contributed by atoms with E-state index in [0.29, 0.717) is 6.04 Å². The van der Waals surface area contributed by atoms with Gasteiger partial charge in [-0.05, 0) is 32.6 Å². The normalized spacial score (nSPS) is 32.8. The molecule has 2 rings (SSSR count). The summed E-state index contributed by atoms with van der Waals surface area (Å²) in [5.74, 6) is 0.166. The van der Waals surface area contributed by atoms with E-state index in [4.69, 9.17) is 5.73 Å². The number of carbonyl (C=O) groups is 1. The molecule has 1 aliphatic carbocycles. The van der Waals surface area contributed by atoms with Gasteiger partial charge < -0.3 is 11.1 Å². The number of hydrogen-bond acceptors (Lipinski definition) is 3. The van der Waals surface area contributed by atoms with Gasteiger partial charge in [0.2, 0.25) is 5.91 Å². The van der Waals surface area contributed by atoms with Crippen LogP contribution in [0.25, 0.3) is 0 Å². The number of hydrogen-bond donors (Lipinski definition) is 2. The van der Waals surface area contributed by atoms with E-state index in [1.807, 2.05) is 13.0 Å². The molecule has 0 spiro atoms. The van der Waals surface area contributed by atoms with E-state index in [-0.39, 0.29) is 17.4 Å². The molecule has 3 N–H and O–H groups in total. The molecule has 4 nitrogen and oxygen atoms in total. The molecule has 0 radical (unpaired) electrons. The SMILES string of the molecule is C=CCN1CCC(NC(=O)C2CCCCC2(C)N)CC1. The molecular weight excluding hydrogens is 250 g/mol. The minimum absolute atomic E-state index is 0.0116. The van der Waals surface area contributed by atoms with E-state index < -0.39 is 0 Å². The first-order chi connectivity index (χ1) is 9.53. The molecule has 1 aliphatic heterocycles. The van der Waals surface area contributed by atoms with Crippen LogP contribution in [0, 0.1) is 5.92 Å². The Morgan fingerprint density at radius 2 is 2.10 bits per heavy atom. The fourth-order valence-electron chi connectivity index (χ4n) is 3.53. The van der Waals surface area contributed by atoms with Crippen molar-refractivity contribution >= 4 is 5.91 Å². The first-order valence-corrected chi connectivity index (χ1v) is 7.95. The maximum Gasteiger partial charge on any atom is 0.225 e. The molecule has 1 amide bonds. The summed E-state index contributed by atoms with van der Waals surface area (Å²) in [6.07, 6.45) is 8.19. The van der Waals surface area contributed by atoms with Crippen molar-refractivity contribution in [3.05, 3.63) is 12.7 Å². The maximum absolute atomic E-state index is 12.5. The maximum atomic E-state index is 12.5. The molecule has 114 valence electrons. The lowest BCUT2D eigenvalue weighted by atomic mass is 9.74. The van der Waals surface area contributed by atoms with Crippen LogP contribution in [0.4, 0.5) is 0 Å². The van der Waals surface area contributed by atoms with E-state index in [1.165, 1.54) is 0 Å². The highest BCUT2D eigenvalue weighted by atomic mass is 16.2. The Morgan fingerprint density at radius 3 is 2.70 bits per heavy atom. The topological polar surface area (TPSA) is 58.4 Å². The van der Waals surface area contributed by atoms with Gasteiger partial charge in [0.15, 0.2) is 0 Å². The molecular formula is C16H29N3O. The van der Waals surface area contributed by atoms with Crippen LogP contribution in [0.15, 0.2) is 12.7 Å². The Kier molecular flexibility index (Phi) is 5.22. The first kappa shape index (κ1) is 15.5. The molecule has 0 aromatic rings. The number of likely N-dealkylation sites (tertiary alicyclic amines) is 1. The average molecular weight is 279 g/mol. The largest absolute Gasteiger partial charge is 0.353 e. The van der Waals surface area contributed by atoms with Gasteiger partial charge in [0, 0.05) is 31.2 Å². The van der Waals surface area contributed by atoms with Crippen LogP contribution < -0.4 is 11.1 Å². The van der Waals surface area contributed by atoms with Crippen LogP contribution >= 0.6 is 0 Å². The second kappa shape index (κ2) is 6.72. The third kappa shape index (κ3) is 3.83. The Labute approximate surface area is 122 Å². The smallest absolute Gasteiger partial charge is 0.225 e. The zero-order chi connectivity index (χ0) is 14.6. The average Bonchev–Trinajstić information content (AvgIpc) is 2.40. The Bertz CT molecular complexity index is 346. The predicted octanol–water partition coefficient (Wildman–Crippen LogP) is 1.66. The number of nitrogens with one attached hydrogen (secondary N) is 1. The molecule has 1 saturated carbocycles. The van der Waals surface area contributed by atoms with Gasteiger partial charge >= 0.3 is 0 Å². The van der Waals surface area contributed by atoms with Crippen molar-refractivity contribution in [1.82, 2.24) is 10.2 Å². The Morgan fingerprint density at radius 1 is 1.40 bits per heavy atom. The second-order valence-corrected chi connectivity index (χ2v) is 6.68. The van der Waals surface area contributed by atoms with Crippen LogP contribution in [-0.4, -0.2) is 42.0 Å². The molecule has 1 saturated heterocycles. The lowest BCUT2D eigenvalue weighted by molar-refractivity contribution is -0.129. The number of rotatable bonds is 4. The highest BCUT2D eigenvalue weighted by Crippen LogP contribution is 2.31. The highest BCUT2D eigenvalue weighted by Gasteiger charge is 2.38. The third-order valence-electron chi connectivity index (χ3n) is 4.89. The van der Waals surface area contributed by atoms with Gasteiger partial charge in [0.25, 0.3) is 0 Å². The molecule has 2 fully saturated rings. The van der Waals surface area contributed by atoms with Gasteiger partial charge in [-0.25, -0.2) is 0 Å². The van der Waals surface area contributed by atoms with Crippen LogP contribution in [0.1, 0.15) is 45.4 Å². The summed E-state index contributed by atoms with van der Waals surface area (Å²) >= 11 is 0. The van der Waals surface area contributed by atoms with Crippen LogP contribution in [-0.2, 0) is 4.79 Å². The van der Waals surface area contributed by atoms with Crippen molar-refractivity contribution in [2.45, 2.75) is 57.0 Å². The minimum atomic E-state index is -0.328. The third-order valence-corrected chi connectivity index (χ3v) is 4.89. The van der Waals surface area contributed by atoms with E-state index in [0.717, 1.165) is 58.2 Å². The lowest BCUT2D eigenvalue weighted by Crippen LogP contribution is -2.55. The molecule has 2 unspecified atom stereocenters. The minimum Gasteiger partial charge on any atom is -0.353 e. The van der Waals surface area contributed by atoms with Crippen LogP contribution in [0.3, 0.4) is 0 Å². The molecule has 0 aromatic heterocycles. The molecule has 0 aromatic carbocycles. The Balaban J connectivity index is 1.81. The summed E-state index contributed by atoms with van der Waals surface area (Å²) in [5, 5.41) is 3.24. The summed E-state index contributed by atoms with van der Waals surface area (Å²) in [4.78, 5) is 14.8. The van der Waals surface area contributed by atoms with E-state index in [9.17, 15) is 4.79 Å². The lowest BCUT2D eigenvalue weighted by Gasteiger charge is -2.39. The fourth-order valence-corrected chi connectivity index (χ4v) is 3.53. The second-order valence-electron chi connectivity index (χ2n) is 6.68. The van der Waals surface area contributed by atoms with E-state index in [1.54, 1.807) is 0 Å². The van der Waals surface area contributed by atoms with Gasteiger partial charge in [-0.2, -0.15) is 0 Å². The summed E-state index contributed by atoms with van der Waals surface area (Å²) in [5.41, 5.74) is 5.98. The van der Waals surface area contributed by atoms with Crippen molar-refractivity contribution in [2.75, 3.05) is 19.6 Å². The van der Waals surface area contributed by atoms with Gasteiger partial charge in [-0.3, -0.25) is 9.69 Å². The van der Waals surface area contributed by atoms with E-state index >= 15 is 0 Å². The van der Waals surface area contributed by atoms with Gasteiger partial charge in [-0.15, -0.1) is 6.58 Å². The quantitative estimate of drug-likeness (QED) is 0.770. The van der Waals surface area contributed by atoms with Crippen LogP contribution in [0.5, 0.6) is 0 Å². The van der Waals surface area contributed by atoms with Crippen molar-refractivity contribution in [2.24, 2.45) is 11.7 Å². The first-order valence-electron chi connectivity index (χ1n) is 7.95. The number of amides is 1. The van der Waals surface area contributed by atoms with Crippen molar-refractivity contribution in [1.29, 1.82) is 0 Å². The van der Waals surface area contributed by atoms with E-state index in [2.05, 4.69) is 16.8 Å². The standard InChI is InChI=1S/C16H29N3O/c1-3-10-19-11-7-13(8-12-19)18-15(20)14-6-4-5-9-16(14,2)17/h3,13-14H,1,4-12,17H2,2H3,(H,18,20). The molecule has 2 atom stereocenters. The number of nitrogens with zero attached hydrogens (tertiary/aromatic N) is 1.